The fourth-order valence-electron chi connectivity index (χ4n) is 3.92. The molecule has 1 aliphatic rings. The van der Waals surface area contributed by atoms with E-state index in [1.165, 1.54) is 18.2 Å². The van der Waals surface area contributed by atoms with E-state index in [2.05, 4.69) is 31.8 Å². The molecule has 34 heavy (non-hydrogen) atoms. The number of nitrogens with zero attached hydrogens (tertiary/aromatic N) is 5. The highest BCUT2D eigenvalue weighted by Crippen LogP contribution is 2.28. The highest BCUT2D eigenvalue weighted by molar-refractivity contribution is 7.89. The first-order valence-corrected chi connectivity index (χ1v) is 12.7. The van der Waals surface area contributed by atoms with Crippen molar-refractivity contribution >= 4 is 15.7 Å². The van der Waals surface area contributed by atoms with Crippen LogP contribution in [0.2, 0.25) is 0 Å². The summed E-state index contributed by atoms with van der Waals surface area (Å²) in [5.74, 6) is 0.167. The number of benzene rings is 2. The maximum Gasteiger partial charge on any atom is 0.322 e. The predicted octanol–water partition coefficient (Wildman–Crippen LogP) is 3.02. The molecule has 0 aliphatic carbocycles. The first kappa shape index (κ1) is 24.1. The summed E-state index contributed by atoms with van der Waals surface area (Å²) >= 11 is 0. The van der Waals surface area contributed by atoms with Crippen LogP contribution in [0.5, 0.6) is 11.8 Å². The number of piperazine rings is 1. The zero-order valence-corrected chi connectivity index (χ0v) is 20.3. The molecule has 1 aliphatic heterocycles. The summed E-state index contributed by atoms with van der Waals surface area (Å²) in [7, 11) is -1.98. The first-order valence-electron chi connectivity index (χ1n) is 11.2. The zero-order chi connectivity index (χ0) is 24.3. The predicted molar refractivity (Wildman–Crippen MR) is 127 cm³/mol. The minimum absolute atomic E-state index is 0.255. The van der Waals surface area contributed by atoms with Gasteiger partial charge in [0, 0.05) is 44.5 Å². The minimum atomic E-state index is -4.09. The number of halogens is 1. The number of nitrogens with one attached hydrogen (secondary N) is 1. The van der Waals surface area contributed by atoms with Crippen LogP contribution >= 0.6 is 0 Å². The molecule has 2 aromatic carbocycles. The fourth-order valence-corrected chi connectivity index (χ4v) is 5.20. The molecule has 2 heterocycles. The van der Waals surface area contributed by atoms with Crippen LogP contribution in [0.3, 0.4) is 0 Å². The Morgan fingerprint density at radius 3 is 2.53 bits per heavy atom. The van der Waals surface area contributed by atoms with Crippen molar-refractivity contribution in [1.29, 1.82) is 0 Å². The van der Waals surface area contributed by atoms with Gasteiger partial charge in [-0.15, -0.1) is 5.10 Å². The lowest BCUT2D eigenvalue weighted by molar-refractivity contribution is 0.312. The molecule has 1 atom stereocenters. The van der Waals surface area contributed by atoms with Gasteiger partial charge in [-0.3, -0.25) is 4.57 Å². The number of hydrogen-bond donors (Lipinski definition) is 1. The number of rotatable bonds is 8. The second kappa shape index (κ2) is 10.1. The Bertz CT molecular complexity index is 1240. The van der Waals surface area contributed by atoms with Gasteiger partial charge in [0.05, 0.1) is 6.04 Å². The molecule has 4 rings (SSSR count). The number of sulfonamides is 1. The molecule has 0 unspecified atom stereocenters. The Labute approximate surface area is 199 Å². The Morgan fingerprint density at radius 2 is 1.82 bits per heavy atom. The summed E-state index contributed by atoms with van der Waals surface area (Å²) in [5.41, 5.74) is 1.07. The minimum Gasteiger partial charge on any atom is -0.424 e. The van der Waals surface area contributed by atoms with Crippen molar-refractivity contribution in [2.45, 2.75) is 31.3 Å². The second-order valence-electron chi connectivity index (χ2n) is 8.25. The van der Waals surface area contributed by atoms with Crippen molar-refractivity contribution in [1.82, 2.24) is 24.4 Å². The molecule has 0 amide bonds. The summed E-state index contributed by atoms with van der Waals surface area (Å²) < 4.78 is 49.6. The van der Waals surface area contributed by atoms with Gasteiger partial charge in [0.15, 0.2) is 5.82 Å². The number of anilines is 1. The quantitative estimate of drug-likeness (QED) is 0.521. The van der Waals surface area contributed by atoms with Gasteiger partial charge in [0.25, 0.3) is 0 Å². The van der Waals surface area contributed by atoms with Crippen LogP contribution in [-0.4, -0.2) is 61.3 Å². The first-order chi connectivity index (χ1) is 16.3. The summed E-state index contributed by atoms with van der Waals surface area (Å²) in [5, 5.41) is 8.29. The largest absolute Gasteiger partial charge is 0.424 e. The molecule has 0 bridgehead atoms. The number of aromatic nitrogens is 3. The molecule has 9 nitrogen and oxygen atoms in total. The van der Waals surface area contributed by atoms with Gasteiger partial charge in [-0.2, -0.15) is 0 Å². The van der Waals surface area contributed by atoms with Gasteiger partial charge in [0.2, 0.25) is 10.0 Å². The van der Waals surface area contributed by atoms with Crippen LogP contribution in [0.25, 0.3) is 0 Å². The lowest BCUT2D eigenvalue weighted by Crippen LogP contribution is -2.44. The highest BCUT2D eigenvalue weighted by atomic mass is 32.2. The molecule has 1 aromatic heterocycles. The molecule has 11 heteroatoms. The second-order valence-corrected chi connectivity index (χ2v) is 9.93. The van der Waals surface area contributed by atoms with Crippen molar-refractivity contribution in [3.05, 3.63) is 60.2 Å². The van der Waals surface area contributed by atoms with Gasteiger partial charge in [-0.25, -0.2) is 17.5 Å². The van der Waals surface area contributed by atoms with E-state index in [-0.39, 0.29) is 6.01 Å². The maximum absolute atomic E-state index is 14.0. The third-order valence-corrected chi connectivity index (χ3v) is 7.38. The topological polar surface area (TPSA) is 92.6 Å². The van der Waals surface area contributed by atoms with Gasteiger partial charge < -0.3 is 14.5 Å². The number of ether oxygens (including phenoxy) is 1. The van der Waals surface area contributed by atoms with Crippen molar-refractivity contribution in [3.8, 4) is 11.8 Å². The number of hydrogen-bond acceptors (Lipinski definition) is 7. The Morgan fingerprint density at radius 1 is 1.09 bits per heavy atom. The Hall–Kier alpha value is -3.02. The molecule has 3 aromatic rings. The van der Waals surface area contributed by atoms with E-state index in [4.69, 9.17) is 4.74 Å². The standard InChI is InChI=1S/C23H29FN6O3S/c1-4-30-22(17(2)27-34(31,32)21-11-6-5-10-20(21)24)25-26-23(30)33-19-9-7-8-18(16-19)29-14-12-28(3)13-15-29/h5-11,16-17,27H,4,12-15H2,1-3H3/t17-/m1/s1. The Kier molecular flexibility index (Phi) is 7.15. The van der Waals surface area contributed by atoms with E-state index in [9.17, 15) is 12.8 Å². The van der Waals surface area contributed by atoms with E-state index in [0.29, 0.717) is 18.1 Å². The van der Waals surface area contributed by atoms with E-state index in [0.717, 1.165) is 37.9 Å². The average molecular weight is 489 g/mol. The van der Waals surface area contributed by atoms with Crippen LogP contribution in [0.4, 0.5) is 10.1 Å². The van der Waals surface area contributed by atoms with Crippen LogP contribution in [0.15, 0.2) is 53.4 Å². The molecule has 1 N–H and O–H groups in total. The van der Waals surface area contributed by atoms with Crippen molar-refractivity contribution in [2.75, 3.05) is 38.1 Å². The Balaban J connectivity index is 1.52. The van der Waals surface area contributed by atoms with Crippen LogP contribution in [0, 0.1) is 5.82 Å². The molecular formula is C23H29FN6O3S. The molecule has 0 spiro atoms. The van der Waals surface area contributed by atoms with E-state index in [1.807, 2.05) is 31.2 Å². The lowest BCUT2D eigenvalue weighted by atomic mass is 10.2. The van der Waals surface area contributed by atoms with Crippen molar-refractivity contribution in [3.63, 3.8) is 0 Å². The number of likely N-dealkylation sites (N-methyl/N-ethyl adjacent to an activating group) is 1. The van der Waals surface area contributed by atoms with Crippen LogP contribution in [0.1, 0.15) is 25.7 Å². The molecule has 182 valence electrons. The van der Waals surface area contributed by atoms with Gasteiger partial charge in [0.1, 0.15) is 16.5 Å². The zero-order valence-electron chi connectivity index (χ0n) is 19.5. The van der Waals surface area contributed by atoms with E-state index >= 15 is 0 Å². The van der Waals surface area contributed by atoms with Gasteiger partial charge >= 0.3 is 6.01 Å². The summed E-state index contributed by atoms with van der Waals surface area (Å²) in [6.07, 6.45) is 0. The third-order valence-electron chi connectivity index (χ3n) is 5.80. The van der Waals surface area contributed by atoms with Gasteiger partial charge in [-0.1, -0.05) is 23.3 Å². The summed E-state index contributed by atoms with van der Waals surface area (Å²) in [4.78, 5) is 4.19. The molecule has 0 radical (unpaired) electrons. The normalized spacial score (nSPS) is 15.9. The van der Waals surface area contributed by atoms with Gasteiger partial charge in [-0.05, 0) is 45.2 Å². The third kappa shape index (κ3) is 5.21. The van der Waals surface area contributed by atoms with Crippen LogP contribution < -0.4 is 14.4 Å². The monoisotopic (exact) mass is 488 g/mol. The summed E-state index contributed by atoms with van der Waals surface area (Å²) in [6, 6.07) is 12.5. The summed E-state index contributed by atoms with van der Waals surface area (Å²) in [6.45, 7) is 7.86. The molecule has 1 saturated heterocycles. The molecule has 0 saturated carbocycles. The van der Waals surface area contributed by atoms with E-state index < -0.39 is 26.8 Å². The lowest BCUT2D eigenvalue weighted by Gasteiger charge is -2.34. The smallest absolute Gasteiger partial charge is 0.322 e. The van der Waals surface area contributed by atoms with Crippen molar-refractivity contribution in [2.24, 2.45) is 0 Å². The van der Waals surface area contributed by atoms with E-state index in [1.54, 1.807) is 11.5 Å². The molecular weight excluding hydrogens is 459 g/mol. The fraction of sp³-hybridized carbons (Fsp3) is 0.391. The van der Waals surface area contributed by atoms with Crippen LogP contribution in [-0.2, 0) is 16.6 Å². The SMILES string of the molecule is CCn1c(Oc2cccc(N3CCN(C)CC3)c2)nnc1[C@@H](C)NS(=O)(=O)c1ccccc1F. The van der Waals surface area contributed by atoms with Crippen molar-refractivity contribution < 1.29 is 17.5 Å². The highest BCUT2D eigenvalue weighted by Gasteiger charge is 2.26. The average Bonchev–Trinajstić information content (AvgIpc) is 3.22. The molecule has 1 fully saturated rings. The maximum atomic E-state index is 14.0.